The summed E-state index contributed by atoms with van der Waals surface area (Å²) in [6, 6.07) is 17.4. The van der Waals surface area contributed by atoms with Crippen molar-refractivity contribution in [3.63, 3.8) is 0 Å². The lowest BCUT2D eigenvalue weighted by molar-refractivity contribution is 0.0499. The van der Waals surface area contributed by atoms with Crippen LogP contribution >= 0.6 is 0 Å². The Morgan fingerprint density at radius 3 is 2.47 bits per heavy atom. The number of hydrogen-bond donors (Lipinski definition) is 0. The first kappa shape index (κ1) is 19.3. The molecule has 1 saturated carbocycles. The normalized spacial score (nSPS) is 18.4. The van der Waals surface area contributed by atoms with E-state index in [1.54, 1.807) is 0 Å². The number of carbonyl (C=O) groups excluding carboxylic acids is 1. The fourth-order valence-corrected chi connectivity index (χ4v) is 4.84. The average Bonchev–Trinajstić information content (AvgIpc) is 3.15. The van der Waals surface area contributed by atoms with Gasteiger partial charge < -0.3 is 9.80 Å². The number of benzene rings is 2. The van der Waals surface area contributed by atoms with Crippen LogP contribution < -0.4 is 0 Å². The Kier molecular flexibility index (Phi) is 5.30. The molecule has 1 aliphatic carbocycles. The van der Waals surface area contributed by atoms with Crippen molar-refractivity contribution in [2.24, 2.45) is 0 Å². The van der Waals surface area contributed by atoms with E-state index in [1.807, 2.05) is 47.1 Å². The molecule has 1 aromatic heterocycles. The molecule has 0 radical (unpaired) electrons. The zero-order chi connectivity index (χ0) is 20.5. The van der Waals surface area contributed by atoms with Crippen LogP contribution in [0, 0.1) is 0 Å². The Morgan fingerprint density at radius 1 is 1.03 bits per heavy atom. The molecule has 5 heteroatoms. The summed E-state index contributed by atoms with van der Waals surface area (Å²) in [5, 5.41) is 5.65. The van der Waals surface area contributed by atoms with Crippen LogP contribution in [-0.2, 0) is 6.54 Å². The van der Waals surface area contributed by atoms with Gasteiger partial charge in [0.1, 0.15) is 0 Å². The average molecular weight is 403 g/mol. The molecule has 156 valence electrons. The Hall–Kier alpha value is -2.66. The van der Waals surface area contributed by atoms with E-state index >= 15 is 0 Å². The number of amides is 1. The second-order valence-corrected chi connectivity index (χ2v) is 8.83. The van der Waals surface area contributed by atoms with Crippen LogP contribution in [0.5, 0.6) is 0 Å². The molecule has 0 bridgehead atoms. The number of piperidine rings is 1. The molecule has 1 aliphatic heterocycles. The van der Waals surface area contributed by atoms with Gasteiger partial charge in [-0.2, -0.15) is 5.10 Å². The van der Waals surface area contributed by atoms with Gasteiger partial charge in [0.05, 0.1) is 18.3 Å². The molecule has 0 atom stereocenters. The monoisotopic (exact) mass is 402 g/mol. The Morgan fingerprint density at radius 2 is 1.77 bits per heavy atom. The third-order valence-corrected chi connectivity index (χ3v) is 7.04. The number of hydrogen-bond acceptors (Lipinski definition) is 3. The van der Waals surface area contributed by atoms with Crippen molar-refractivity contribution in [3.05, 3.63) is 65.9 Å². The Bertz CT molecular complexity index is 1010. The summed E-state index contributed by atoms with van der Waals surface area (Å²) in [7, 11) is 1.97. The third kappa shape index (κ3) is 3.74. The molecule has 2 heterocycles. The zero-order valence-corrected chi connectivity index (χ0v) is 17.7. The molecule has 0 unspecified atom stereocenters. The van der Waals surface area contributed by atoms with Crippen LogP contribution in [0.4, 0.5) is 0 Å². The highest BCUT2D eigenvalue weighted by atomic mass is 16.2. The summed E-state index contributed by atoms with van der Waals surface area (Å²) in [6.45, 7) is 2.96. The van der Waals surface area contributed by atoms with Gasteiger partial charge in [0.25, 0.3) is 5.91 Å². The molecule has 2 aromatic carbocycles. The topological polar surface area (TPSA) is 41.4 Å². The molecular weight excluding hydrogens is 372 g/mol. The first-order valence-electron chi connectivity index (χ1n) is 11.2. The predicted molar refractivity (Wildman–Crippen MR) is 120 cm³/mol. The van der Waals surface area contributed by atoms with Crippen LogP contribution in [0.1, 0.15) is 48.0 Å². The molecule has 5 nitrogen and oxygen atoms in total. The van der Waals surface area contributed by atoms with Crippen molar-refractivity contribution in [2.75, 3.05) is 20.1 Å². The minimum atomic E-state index is 0.133. The lowest BCUT2D eigenvalue weighted by Gasteiger charge is -2.43. The van der Waals surface area contributed by atoms with Crippen molar-refractivity contribution in [1.29, 1.82) is 0 Å². The Labute approximate surface area is 178 Å². The van der Waals surface area contributed by atoms with Gasteiger partial charge in [-0.3, -0.25) is 9.48 Å². The zero-order valence-electron chi connectivity index (χ0n) is 17.7. The van der Waals surface area contributed by atoms with Crippen LogP contribution in [0.25, 0.3) is 10.9 Å². The molecule has 1 amide bonds. The maximum Gasteiger partial charge on any atom is 0.253 e. The van der Waals surface area contributed by atoms with Gasteiger partial charge in [0.15, 0.2) is 0 Å². The SMILES string of the molecule is CN(C(=O)c1ccc(Cn2ncc3ccccc32)cc1)C1CCN(C2CCC2)CC1. The summed E-state index contributed by atoms with van der Waals surface area (Å²) in [5.41, 5.74) is 3.05. The third-order valence-electron chi connectivity index (χ3n) is 7.04. The second-order valence-electron chi connectivity index (χ2n) is 8.83. The number of carbonyl (C=O) groups is 1. The van der Waals surface area contributed by atoms with Gasteiger partial charge in [0.2, 0.25) is 0 Å². The van der Waals surface area contributed by atoms with E-state index < -0.39 is 0 Å². The molecule has 5 rings (SSSR count). The molecule has 0 N–H and O–H groups in total. The van der Waals surface area contributed by atoms with Gasteiger partial charge >= 0.3 is 0 Å². The number of nitrogens with zero attached hydrogens (tertiary/aromatic N) is 4. The molecule has 2 fully saturated rings. The van der Waals surface area contributed by atoms with E-state index in [1.165, 1.54) is 19.3 Å². The number of likely N-dealkylation sites (tertiary alicyclic amines) is 1. The number of aromatic nitrogens is 2. The molecule has 1 saturated heterocycles. The highest BCUT2D eigenvalue weighted by Crippen LogP contribution is 2.28. The Balaban J connectivity index is 1.21. The lowest BCUT2D eigenvalue weighted by atomic mass is 9.89. The van der Waals surface area contributed by atoms with Gasteiger partial charge in [-0.1, -0.05) is 36.8 Å². The minimum Gasteiger partial charge on any atom is -0.339 e. The summed E-state index contributed by atoms with van der Waals surface area (Å²) in [6.07, 6.45) is 8.18. The van der Waals surface area contributed by atoms with Crippen LogP contribution in [0.3, 0.4) is 0 Å². The number of rotatable bonds is 5. The van der Waals surface area contributed by atoms with Gasteiger partial charge in [0, 0.05) is 43.2 Å². The van der Waals surface area contributed by atoms with Gasteiger partial charge in [-0.25, -0.2) is 0 Å². The summed E-state index contributed by atoms with van der Waals surface area (Å²) in [5.74, 6) is 0.133. The van der Waals surface area contributed by atoms with Crippen LogP contribution in [0.15, 0.2) is 54.7 Å². The summed E-state index contributed by atoms with van der Waals surface area (Å²) < 4.78 is 2.01. The smallest absolute Gasteiger partial charge is 0.253 e. The maximum absolute atomic E-state index is 13.0. The molecule has 30 heavy (non-hydrogen) atoms. The van der Waals surface area contributed by atoms with Crippen molar-refractivity contribution in [2.45, 2.75) is 50.7 Å². The van der Waals surface area contributed by atoms with Crippen LogP contribution in [-0.4, -0.2) is 57.7 Å². The highest BCUT2D eigenvalue weighted by molar-refractivity contribution is 5.94. The fraction of sp³-hybridized carbons (Fsp3) is 0.440. The van der Waals surface area contributed by atoms with E-state index in [9.17, 15) is 4.79 Å². The fourth-order valence-electron chi connectivity index (χ4n) is 4.84. The second kappa shape index (κ2) is 8.23. The number of fused-ring (bicyclic) bond motifs is 1. The van der Waals surface area contributed by atoms with E-state index in [0.717, 1.165) is 54.0 Å². The lowest BCUT2D eigenvalue weighted by Crippen LogP contribution is -2.50. The van der Waals surface area contributed by atoms with Crippen molar-refractivity contribution < 1.29 is 4.79 Å². The summed E-state index contributed by atoms with van der Waals surface area (Å²) >= 11 is 0. The van der Waals surface area contributed by atoms with Crippen molar-refractivity contribution in [1.82, 2.24) is 19.6 Å². The highest BCUT2D eigenvalue weighted by Gasteiger charge is 2.31. The van der Waals surface area contributed by atoms with Crippen molar-refractivity contribution >= 4 is 16.8 Å². The molecule has 3 aromatic rings. The van der Waals surface area contributed by atoms with Crippen molar-refractivity contribution in [3.8, 4) is 0 Å². The van der Waals surface area contributed by atoms with Gasteiger partial charge in [-0.05, 0) is 49.4 Å². The first-order valence-corrected chi connectivity index (χ1v) is 11.2. The maximum atomic E-state index is 13.0. The molecular formula is C25H30N4O. The number of para-hydroxylation sites is 1. The predicted octanol–water partition coefficient (Wildman–Crippen LogP) is 4.17. The van der Waals surface area contributed by atoms with Gasteiger partial charge in [-0.15, -0.1) is 0 Å². The van der Waals surface area contributed by atoms with E-state index in [0.29, 0.717) is 12.6 Å². The standard InChI is InChI=1S/C25H30N4O/c1-27(22-13-15-28(16-14-22)23-6-4-7-23)25(30)20-11-9-19(10-12-20)18-29-24-8-3-2-5-21(24)17-26-29/h2-3,5,8-12,17,22-23H,4,6-7,13-16,18H2,1H3. The summed E-state index contributed by atoms with van der Waals surface area (Å²) in [4.78, 5) is 17.6. The van der Waals surface area contributed by atoms with E-state index in [2.05, 4.69) is 34.3 Å². The molecule has 0 spiro atoms. The van der Waals surface area contributed by atoms with Crippen LogP contribution in [0.2, 0.25) is 0 Å². The first-order chi connectivity index (χ1) is 14.7. The quantitative estimate of drug-likeness (QED) is 0.643. The molecule has 2 aliphatic rings. The minimum absolute atomic E-state index is 0.133. The van der Waals surface area contributed by atoms with E-state index in [-0.39, 0.29) is 5.91 Å². The van der Waals surface area contributed by atoms with E-state index in [4.69, 9.17) is 0 Å². The largest absolute Gasteiger partial charge is 0.339 e.